The maximum absolute atomic E-state index is 13.3. The van der Waals surface area contributed by atoms with E-state index in [9.17, 15) is 26.4 Å². The van der Waals surface area contributed by atoms with Gasteiger partial charge < -0.3 is 0 Å². The summed E-state index contributed by atoms with van der Waals surface area (Å²) < 4.78 is 63.2. The summed E-state index contributed by atoms with van der Waals surface area (Å²) in [6, 6.07) is 9.94. The molecular formula is C19H18F3N3O3S2. The average Bonchev–Trinajstić information content (AvgIpc) is 3.13. The first-order valence-corrected chi connectivity index (χ1v) is 11.5. The van der Waals surface area contributed by atoms with Gasteiger partial charge in [0, 0.05) is 6.54 Å². The molecule has 0 aliphatic heterocycles. The van der Waals surface area contributed by atoms with Gasteiger partial charge in [-0.25, -0.2) is 8.42 Å². The number of alkyl halides is 3. The molecule has 3 rings (SSSR count). The second-order valence-electron chi connectivity index (χ2n) is 6.42. The second kappa shape index (κ2) is 8.31. The number of aromatic nitrogens is 2. The molecule has 0 N–H and O–H groups in total. The van der Waals surface area contributed by atoms with Gasteiger partial charge in [0.2, 0.25) is 5.13 Å². The zero-order valence-corrected chi connectivity index (χ0v) is 17.7. The minimum atomic E-state index is -4.45. The molecular weight excluding hydrogens is 439 g/mol. The Balaban J connectivity index is 2.09. The number of fused-ring (bicyclic) bond motifs is 1. The molecule has 3 aromatic rings. The van der Waals surface area contributed by atoms with Crippen LogP contribution < -0.4 is 4.90 Å². The van der Waals surface area contributed by atoms with E-state index in [0.717, 1.165) is 4.90 Å². The van der Waals surface area contributed by atoms with E-state index in [-0.39, 0.29) is 32.9 Å². The van der Waals surface area contributed by atoms with E-state index in [1.54, 1.807) is 31.2 Å². The number of amides is 1. The Morgan fingerprint density at radius 2 is 1.73 bits per heavy atom. The van der Waals surface area contributed by atoms with Crippen LogP contribution in [0, 0.1) is 0 Å². The van der Waals surface area contributed by atoms with Crippen LogP contribution in [0.25, 0.3) is 10.8 Å². The van der Waals surface area contributed by atoms with Crippen LogP contribution in [0.2, 0.25) is 0 Å². The first-order valence-electron chi connectivity index (χ1n) is 9.02. The smallest absolute Gasteiger partial charge is 0.283 e. The summed E-state index contributed by atoms with van der Waals surface area (Å²) in [5, 5.41) is 8.27. The third-order valence-corrected chi connectivity index (χ3v) is 7.11. The van der Waals surface area contributed by atoms with Crippen LogP contribution in [0.1, 0.15) is 29.2 Å². The van der Waals surface area contributed by atoms with Gasteiger partial charge in [0.25, 0.3) is 5.91 Å². The SMILES string of the molecule is CCN(C(=O)c1cc2ccccc2cc1S(=O)(=O)CC)c1nnc(CC(F)(F)F)s1. The lowest BCUT2D eigenvalue weighted by molar-refractivity contribution is -0.127. The first-order chi connectivity index (χ1) is 14.1. The zero-order chi connectivity index (χ0) is 22.1. The van der Waals surface area contributed by atoms with Gasteiger partial charge in [-0.2, -0.15) is 13.2 Å². The summed E-state index contributed by atoms with van der Waals surface area (Å²) in [6.07, 6.45) is -5.69. The molecule has 30 heavy (non-hydrogen) atoms. The lowest BCUT2D eigenvalue weighted by Gasteiger charge is -2.19. The fraction of sp³-hybridized carbons (Fsp3) is 0.316. The standard InChI is InChI=1S/C19H18F3N3O3S2/c1-3-25(18-24-23-16(29-18)11-19(20,21)22)17(26)14-9-12-7-5-6-8-13(12)10-15(14)30(27,28)4-2/h5-10H,3-4,11H2,1-2H3. The molecule has 1 heterocycles. The lowest BCUT2D eigenvalue weighted by Crippen LogP contribution is -2.32. The molecule has 0 saturated heterocycles. The Kier molecular flexibility index (Phi) is 6.14. The number of hydrogen-bond acceptors (Lipinski definition) is 6. The summed E-state index contributed by atoms with van der Waals surface area (Å²) in [5.41, 5.74) is -0.0510. The first kappa shape index (κ1) is 22.2. The largest absolute Gasteiger partial charge is 0.395 e. The number of benzene rings is 2. The molecule has 0 bridgehead atoms. The zero-order valence-electron chi connectivity index (χ0n) is 16.1. The average molecular weight is 457 g/mol. The van der Waals surface area contributed by atoms with E-state index in [1.807, 2.05) is 0 Å². The molecule has 6 nitrogen and oxygen atoms in total. The molecule has 0 spiro atoms. The van der Waals surface area contributed by atoms with Gasteiger partial charge in [-0.3, -0.25) is 9.69 Å². The number of halogens is 3. The molecule has 0 atom stereocenters. The number of carbonyl (C=O) groups is 1. The van der Waals surface area contributed by atoms with Crippen LogP contribution in [0.5, 0.6) is 0 Å². The van der Waals surface area contributed by atoms with E-state index < -0.39 is 28.3 Å². The lowest BCUT2D eigenvalue weighted by atomic mass is 10.1. The van der Waals surface area contributed by atoms with Crippen molar-refractivity contribution in [1.29, 1.82) is 0 Å². The van der Waals surface area contributed by atoms with E-state index in [1.165, 1.54) is 19.1 Å². The summed E-state index contributed by atoms with van der Waals surface area (Å²) in [5.74, 6) is -0.864. The van der Waals surface area contributed by atoms with Crippen molar-refractivity contribution >= 4 is 43.0 Å². The number of anilines is 1. The number of sulfone groups is 1. The van der Waals surface area contributed by atoms with Gasteiger partial charge in [-0.15, -0.1) is 10.2 Å². The van der Waals surface area contributed by atoms with Crippen LogP contribution in [0.3, 0.4) is 0 Å². The van der Waals surface area contributed by atoms with E-state index in [2.05, 4.69) is 10.2 Å². The van der Waals surface area contributed by atoms with Gasteiger partial charge in [0.1, 0.15) is 5.01 Å². The van der Waals surface area contributed by atoms with Crippen molar-refractivity contribution in [2.45, 2.75) is 31.3 Å². The Morgan fingerprint density at radius 3 is 2.30 bits per heavy atom. The predicted octanol–water partition coefficient (Wildman–Crippen LogP) is 4.26. The second-order valence-corrected chi connectivity index (χ2v) is 9.71. The minimum Gasteiger partial charge on any atom is -0.283 e. The third kappa shape index (κ3) is 4.62. The Morgan fingerprint density at radius 1 is 1.10 bits per heavy atom. The van der Waals surface area contributed by atoms with Crippen molar-refractivity contribution in [3.05, 3.63) is 47.0 Å². The Hall–Kier alpha value is -2.53. The summed E-state index contributed by atoms with van der Waals surface area (Å²) in [4.78, 5) is 14.3. The van der Waals surface area contributed by atoms with E-state index in [4.69, 9.17) is 0 Å². The van der Waals surface area contributed by atoms with Gasteiger partial charge in [-0.1, -0.05) is 42.5 Å². The highest BCUT2D eigenvalue weighted by molar-refractivity contribution is 7.91. The maximum Gasteiger partial charge on any atom is 0.395 e. The number of rotatable bonds is 6. The van der Waals surface area contributed by atoms with E-state index >= 15 is 0 Å². The Labute approximate surface area is 175 Å². The number of nitrogens with zero attached hydrogens (tertiary/aromatic N) is 3. The van der Waals surface area contributed by atoms with Gasteiger partial charge in [-0.05, 0) is 29.8 Å². The molecule has 1 amide bonds. The molecule has 11 heteroatoms. The molecule has 160 valence electrons. The molecule has 0 fully saturated rings. The normalized spacial score (nSPS) is 12.3. The molecule has 0 radical (unpaired) electrons. The van der Waals surface area contributed by atoms with Crippen molar-refractivity contribution in [2.24, 2.45) is 0 Å². The molecule has 1 aromatic heterocycles. The molecule has 0 aliphatic carbocycles. The topological polar surface area (TPSA) is 80.2 Å². The monoisotopic (exact) mass is 457 g/mol. The summed E-state index contributed by atoms with van der Waals surface area (Å²) in [6.45, 7) is 3.18. The van der Waals surface area contributed by atoms with Crippen LogP contribution >= 0.6 is 11.3 Å². The quantitative estimate of drug-likeness (QED) is 0.553. The van der Waals surface area contributed by atoms with Crippen LogP contribution in [0.4, 0.5) is 18.3 Å². The molecule has 0 aliphatic rings. The van der Waals surface area contributed by atoms with Crippen LogP contribution in [-0.2, 0) is 16.3 Å². The highest BCUT2D eigenvalue weighted by Gasteiger charge is 2.32. The highest BCUT2D eigenvalue weighted by Crippen LogP contribution is 2.30. The Bertz CT molecular complexity index is 1190. The predicted molar refractivity (Wildman–Crippen MR) is 109 cm³/mol. The van der Waals surface area contributed by atoms with Crippen molar-refractivity contribution in [3.63, 3.8) is 0 Å². The molecule has 2 aromatic carbocycles. The van der Waals surface area contributed by atoms with Gasteiger partial charge >= 0.3 is 6.18 Å². The van der Waals surface area contributed by atoms with E-state index in [0.29, 0.717) is 22.1 Å². The fourth-order valence-corrected chi connectivity index (χ4v) is 4.94. The maximum atomic E-state index is 13.3. The van der Waals surface area contributed by atoms with Gasteiger partial charge in [0.15, 0.2) is 9.84 Å². The van der Waals surface area contributed by atoms with Crippen molar-refractivity contribution < 1.29 is 26.4 Å². The van der Waals surface area contributed by atoms with Crippen LogP contribution in [-0.4, -0.2) is 43.0 Å². The molecule has 0 saturated carbocycles. The minimum absolute atomic E-state index is 0.0187. The highest BCUT2D eigenvalue weighted by atomic mass is 32.2. The van der Waals surface area contributed by atoms with Crippen molar-refractivity contribution in [2.75, 3.05) is 17.2 Å². The van der Waals surface area contributed by atoms with Crippen molar-refractivity contribution in [3.8, 4) is 0 Å². The summed E-state index contributed by atoms with van der Waals surface area (Å²) >= 11 is 0.652. The fourth-order valence-electron chi connectivity index (χ4n) is 2.91. The number of hydrogen-bond donors (Lipinski definition) is 0. The van der Waals surface area contributed by atoms with Crippen LogP contribution in [0.15, 0.2) is 41.3 Å². The summed E-state index contributed by atoms with van der Waals surface area (Å²) in [7, 11) is -3.74. The number of carbonyl (C=O) groups excluding carboxylic acids is 1. The van der Waals surface area contributed by atoms with Gasteiger partial charge in [0.05, 0.1) is 22.6 Å². The molecule has 0 unspecified atom stereocenters. The third-order valence-electron chi connectivity index (χ3n) is 4.39. The van der Waals surface area contributed by atoms with Crippen molar-refractivity contribution in [1.82, 2.24) is 10.2 Å².